The number of hydrogen-bond donors (Lipinski definition) is 1. The summed E-state index contributed by atoms with van der Waals surface area (Å²) in [7, 11) is 0. The highest BCUT2D eigenvalue weighted by molar-refractivity contribution is 7.10. The summed E-state index contributed by atoms with van der Waals surface area (Å²) >= 11 is 1.46. The SMILES string of the molecule is O=C1C(=O)N(CCN2CCOCC2)C(c2cccs2)C1=C(O)c1ccc2c(c1)OCCO2. The van der Waals surface area contributed by atoms with Crippen molar-refractivity contribution in [2.45, 2.75) is 6.04 Å². The van der Waals surface area contributed by atoms with Crippen molar-refractivity contribution in [3.63, 3.8) is 0 Å². The smallest absolute Gasteiger partial charge is 0.295 e. The molecule has 0 radical (unpaired) electrons. The average Bonchev–Trinajstić information content (AvgIpc) is 3.45. The van der Waals surface area contributed by atoms with E-state index in [0.717, 1.165) is 18.0 Å². The summed E-state index contributed by atoms with van der Waals surface area (Å²) in [5.41, 5.74) is 0.526. The van der Waals surface area contributed by atoms with Gasteiger partial charge in [-0.25, -0.2) is 0 Å². The number of likely N-dealkylation sites (tertiary alicyclic amines) is 1. The van der Waals surface area contributed by atoms with E-state index in [2.05, 4.69) is 4.90 Å². The van der Waals surface area contributed by atoms with Crippen molar-refractivity contribution in [3.8, 4) is 11.5 Å². The van der Waals surface area contributed by atoms with E-state index in [0.29, 0.717) is 56.6 Å². The summed E-state index contributed by atoms with van der Waals surface area (Å²) < 4.78 is 16.6. The molecule has 1 unspecified atom stereocenters. The highest BCUT2D eigenvalue weighted by atomic mass is 32.1. The Bertz CT molecular complexity index is 1040. The number of thiophene rings is 1. The zero-order valence-electron chi connectivity index (χ0n) is 17.5. The number of aliphatic hydroxyl groups is 1. The molecule has 1 atom stereocenters. The predicted octanol–water partition coefficient (Wildman–Crippen LogP) is 2.27. The van der Waals surface area contributed by atoms with Crippen LogP contribution in [-0.4, -0.2) is 79.2 Å². The molecule has 5 rings (SSSR count). The Morgan fingerprint density at radius 1 is 1.03 bits per heavy atom. The lowest BCUT2D eigenvalue weighted by molar-refractivity contribution is -0.140. The number of morpholine rings is 1. The largest absolute Gasteiger partial charge is 0.507 e. The molecule has 2 saturated heterocycles. The molecular formula is C23H24N2O6S. The van der Waals surface area contributed by atoms with E-state index in [1.165, 1.54) is 11.3 Å². The van der Waals surface area contributed by atoms with E-state index >= 15 is 0 Å². The lowest BCUT2D eigenvalue weighted by Crippen LogP contribution is -2.42. The second-order valence-corrected chi connectivity index (χ2v) is 8.80. The molecule has 0 saturated carbocycles. The number of rotatable bonds is 5. The molecule has 168 valence electrons. The highest BCUT2D eigenvalue weighted by Gasteiger charge is 2.46. The molecule has 0 aliphatic carbocycles. The number of ether oxygens (including phenoxy) is 3. The second kappa shape index (κ2) is 8.93. The molecule has 1 N–H and O–H groups in total. The molecule has 9 heteroatoms. The Morgan fingerprint density at radius 3 is 2.56 bits per heavy atom. The molecule has 2 fully saturated rings. The predicted molar refractivity (Wildman–Crippen MR) is 118 cm³/mol. The fraction of sp³-hybridized carbons (Fsp3) is 0.391. The molecule has 1 amide bonds. The van der Waals surface area contributed by atoms with Crippen LogP contribution < -0.4 is 9.47 Å². The maximum atomic E-state index is 13.1. The van der Waals surface area contributed by atoms with Crippen LogP contribution in [0.3, 0.4) is 0 Å². The quantitative estimate of drug-likeness (QED) is 0.420. The Hall–Kier alpha value is -2.88. The molecule has 8 nitrogen and oxygen atoms in total. The molecule has 1 aromatic heterocycles. The fourth-order valence-electron chi connectivity index (χ4n) is 4.27. The topological polar surface area (TPSA) is 88.5 Å². The van der Waals surface area contributed by atoms with Crippen molar-refractivity contribution < 1.29 is 28.9 Å². The third-order valence-corrected chi connectivity index (χ3v) is 6.85. The van der Waals surface area contributed by atoms with Gasteiger partial charge in [-0.15, -0.1) is 11.3 Å². The Balaban J connectivity index is 1.50. The van der Waals surface area contributed by atoms with Gasteiger partial charge in [0.25, 0.3) is 11.7 Å². The molecule has 1 aromatic carbocycles. The van der Waals surface area contributed by atoms with Crippen molar-refractivity contribution in [1.82, 2.24) is 9.80 Å². The van der Waals surface area contributed by atoms with Crippen LogP contribution in [0.2, 0.25) is 0 Å². The van der Waals surface area contributed by atoms with Gasteiger partial charge in [0.2, 0.25) is 0 Å². The summed E-state index contributed by atoms with van der Waals surface area (Å²) in [4.78, 5) is 30.7. The highest BCUT2D eigenvalue weighted by Crippen LogP contribution is 2.42. The lowest BCUT2D eigenvalue weighted by Gasteiger charge is -2.30. The van der Waals surface area contributed by atoms with Crippen LogP contribution in [-0.2, 0) is 14.3 Å². The summed E-state index contributed by atoms with van der Waals surface area (Å²) in [6.07, 6.45) is 0. The van der Waals surface area contributed by atoms with Crippen LogP contribution in [0.5, 0.6) is 11.5 Å². The van der Waals surface area contributed by atoms with Gasteiger partial charge in [-0.1, -0.05) is 6.07 Å². The van der Waals surface area contributed by atoms with Crippen molar-refractivity contribution in [2.75, 3.05) is 52.6 Å². The van der Waals surface area contributed by atoms with Crippen LogP contribution in [0, 0.1) is 0 Å². The van der Waals surface area contributed by atoms with Gasteiger partial charge < -0.3 is 24.2 Å². The average molecular weight is 457 g/mol. The molecule has 0 spiro atoms. The van der Waals surface area contributed by atoms with Crippen LogP contribution >= 0.6 is 11.3 Å². The van der Waals surface area contributed by atoms with E-state index in [1.54, 1.807) is 23.1 Å². The normalized spacial score (nSPS) is 23.0. The number of Topliss-reactive ketones (excluding diaryl/α,β-unsaturated/α-hetero) is 1. The first-order valence-corrected chi connectivity index (χ1v) is 11.5. The first-order chi connectivity index (χ1) is 15.6. The maximum Gasteiger partial charge on any atom is 0.295 e. The summed E-state index contributed by atoms with van der Waals surface area (Å²) in [6, 6.07) is 8.18. The molecular weight excluding hydrogens is 432 g/mol. The number of hydrogen-bond acceptors (Lipinski definition) is 8. The molecule has 3 aliphatic rings. The number of nitrogens with zero attached hydrogens (tertiary/aromatic N) is 2. The zero-order chi connectivity index (χ0) is 22.1. The minimum absolute atomic E-state index is 0.108. The van der Waals surface area contributed by atoms with Crippen LogP contribution in [0.1, 0.15) is 16.5 Å². The summed E-state index contributed by atoms with van der Waals surface area (Å²) in [5, 5.41) is 13.1. The molecule has 4 heterocycles. The third-order valence-electron chi connectivity index (χ3n) is 5.93. The van der Waals surface area contributed by atoms with Gasteiger partial charge in [0.1, 0.15) is 19.0 Å². The first-order valence-electron chi connectivity index (χ1n) is 10.7. The minimum Gasteiger partial charge on any atom is -0.507 e. The number of carbonyl (C=O) groups is 2. The number of benzene rings is 1. The van der Waals surface area contributed by atoms with Crippen molar-refractivity contribution in [3.05, 3.63) is 51.7 Å². The van der Waals surface area contributed by atoms with Gasteiger partial charge in [-0.2, -0.15) is 0 Å². The van der Waals surface area contributed by atoms with Gasteiger partial charge in [-0.3, -0.25) is 14.5 Å². The Morgan fingerprint density at radius 2 is 1.81 bits per heavy atom. The van der Waals surface area contributed by atoms with E-state index in [1.807, 2.05) is 17.5 Å². The summed E-state index contributed by atoms with van der Waals surface area (Å²) in [5.74, 6) is -0.357. The monoisotopic (exact) mass is 456 g/mol. The van der Waals surface area contributed by atoms with Gasteiger partial charge in [0.05, 0.1) is 24.8 Å². The van der Waals surface area contributed by atoms with Crippen LogP contribution in [0.25, 0.3) is 5.76 Å². The molecule has 2 aromatic rings. The van der Waals surface area contributed by atoms with Crippen LogP contribution in [0.4, 0.5) is 0 Å². The van der Waals surface area contributed by atoms with Gasteiger partial charge in [0.15, 0.2) is 11.5 Å². The first kappa shape index (κ1) is 21.0. The Labute approximate surface area is 189 Å². The minimum atomic E-state index is -0.669. The number of fused-ring (bicyclic) bond motifs is 1. The number of amides is 1. The van der Waals surface area contributed by atoms with E-state index in [9.17, 15) is 14.7 Å². The molecule has 0 bridgehead atoms. The maximum absolute atomic E-state index is 13.1. The number of carbonyl (C=O) groups excluding carboxylic acids is 2. The van der Waals surface area contributed by atoms with Crippen molar-refractivity contribution in [2.24, 2.45) is 0 Å². The van der Waals surface area contributed by atoms with E-state index in [4.69, 9.17) is 14.2 Å². The zero-order valence-corrected chi connectivity index (χ0v) is 18.3. The third kappa shape index (κ3) is 3.87. The molecule has 3 aliphatic heterocycles. The van der Waals surface area contributed by atoms with Gasteiger partial charge >= 0.3 is 0 Å². The lowest BCUT2D eigenvalue weighted by atomic mass is 9.99. The second-order valence-electron chi connectivity index (χ2n) is 7.82. The van der Waals surface area contributed by atoms with Gasteiger partial charge in [0, 0.05) is 36.6 Å². The van der Waals surface area contributed by atoms with Gasteiger partial charge in [-0.05, 0) is 29.6 Å². The fourth-order valence-corrected chi connectivity index (χ4v) is 5.12. The number of aliphatic hydroxyl groups excluding tert-OH is 1. The Kier molecular flexibility index (Phi) is 5.86. The number of ketones is 1. The van der Waals surface area contributed by atoms with E-state index in [-0.39, 0.29) is 11.3 Å². The van der Waals surface area contributed by atoms with Crippen LogP contribution in [0.15, 0.2) is 41.3 Å². The van der Waals surface area contributed by atoms with Crippen molar-refractivity contribution >= 4 is 28.8 Å². The molecule has 32 heavy (non-hydrogen) atoms. The van der Waals surface area contributed by atoms with Crippen molar-refractivity contribution in [1.29, 1.82) is 0 Å². The standard InChI is InChI=1S/C23H24N2O6S/c26-21(15-3-4-16-17(14-15)31-12-11-30-16)19-20(18-2-1-13-32-18)25(23(28)22(19)27)6-5-24-7-9-29-10-8-24/h1-4,13-14,20,26H,5-12H2. The summed E-state index contributed by atoms with van der Waals surface area (Å²) in [6.45, 7) is 4.83. The van der Waals surface area contributed by atoms with E-state index < -0.39 is 17.7 Å².